The van der Waals surface area contributed by atoms with Gasteiger partial charge in [0, 0.05) is 0 Å². The van der Waals surface area contributed by atoms with E-state index in [0.717, 1.165) is 0 Å². The van der Waals surface area contributed by atoms with Crippen molar-refractivity contribution in [2.75, 3.05) is 13.1 Å². The molecule has 6 N–H and O–H groups in total. The average Bonchev–Trinajstić information content (AvgIpc) is 2.53. The maximum Gasteiger partial charge on any atom is 0.322 e. The standard InChI is InChI=1S/C16H30N4O5/c1-5-10(4)14(20-15(24)11(17)6-9(2)3)16(25)19-7-12(21)18-8-13(22)23/h9-11,14H,5-8,17H2,1-4H3,(H,18,21)(H,19,25)(H,20,24)(H,22,23). The fraction of sp³-hybridized carbons (Fsp3) is 0.750. The fourth-order valence-electron chi connectivity index (χ4n) is 2.09. The molecule has 0 aromatic heterocycles. The molecule has 0 aromatic carbocycles. The van der Waals surface area contributed by atoms with Crippen LogP contribution in [0.5, 0.6) is 0 Å². The first kappa shape index (κ1) is 22.8. The van der Waals surface area contributed by atoms with Gasteiger partial charge in [-0.1, -0.05) is 34.1 Å². The molecule has 0 saturated carbocycles. The lowest BCUT2D eigenvalue weighted by atomic mass is 9.97. The highest BCUT2D eigenvalue weighted by atomic mass is 16.4. The van der Waals surface area contributed by atoms with Crippen LogP contribution in [0.25, 0.3) is 0 Å². The molecule has 0 aliphatic rings. The molecule has 9 nitrogen and oxygen atoms in total. The number of carboxylic acids is 1. The number of amides is 3. The van der Waals surface area contributed by atoms with Crippen LogP contribution in [0, 0.1) is 11.8 Å². The van der Waals surface area contributed by atoms with Gasteiger partial charge in [0.25, 0.3) is 0 Å². The maximum atomic E-state index is 12.3. The number of carbonyl (C=O) groups is 4. The van der Waals surface area contributed by atoms with Crippen molar-refractivity contribution in [1.82, 2.24) is 16.0 Å². The molecule has 3 amide bonds. The minimum Gasteiger partial charge on any atom is -0.480 e. The second-order valence-electron chi connectivity index (χ2n) is 6.50. The smallest absolute Gasteiger partial charge is 0.322 e. The van der Waals surface area contributed by atoms with Crippen LogP contribution in [-0.4, -0.2) is 54.0 Å². The van der Waals surface area contributed by atoms with Gasteiger partial charge in [0.2, 0.25) is 17.7 Å². The molecule has 0 aliphatic carbocycles. The highest BCUT2D eigenvalue weighted by Gasteiger charge is 2.28. The van der Waals surface area contributed by atoms with Crippen molar-refractivity contribution < 1.29 is 24.3 Å². The molecule has 0 saturated heterocycles. The number of carbonyl (C=O) groups excluding carboxylic acids is 3. The van der Waals surface area contributed by atoms with Gasteiger partial charge in [-0.3, -0.25) is 19.2 Å². The van der Waals surface area contributed by atoms with Crippen LogP contribution in [0.4, 0.5) is 0 Å². The second-order valence-corrected chi connectivity index (χ2v) is 6.50. The Hall–Kier alpha value is -2.16. The van der Waals surface area contributed by atoms with Gasteiger partial charge in [0.05, 0.1) is 12.6 Å². The third kappa shape index (κ3) is 9.65. The van der Waals surface area contributed by atoms with Crippen molar-refractivity contribution >= 4 is 23.7 Å². The molecule has 144 valence electrons. The summed E-state index contributed by atoms with van der Waals surface area (Å²) < 4.78 is 0. The van der Waals surface area contributed by atoms with E-state index in [1.54, 1.807) is 0 Å². The predicted octanol–water partition coefficient (Wildman–Crippen LogP) is -0.792. The highest BCUT2D eigenvalue weighted by Crippen LogP contribution is 2.09. The van der Waals surface area contributed by atoms with E-state index in [9.17, 15) is 19.2 Å². The first-order valence-corrected chi connectivity index (χ1v) is 8.40. The lowest BCUT2D eigenvalue weighted by Crippen LogP contribution is -2.55. The zero-order valence-corrected chi connectivity index (χ0v) is 15.3. The van der Waals surface area contributed by atoms with E-state index in [1.807, 2.05) is 27.7 Å². The van der Waals surface area contributed by atoms with Crippen LogP contribution in [0.1, 0.15) is 40.5 Å². The summed E-state index contributed by atoms with van der Waals surface area (Å²) >= 11 is 0. The van der Waals surface area contributed by atoms with Crippen molar-refractivity contribution in [3.8, 4) is 0 Å². The van der Waals surface area contributed by atoms with Gasteiger partial charge in [-0.2, -0.15) is 0 Å². The highest BCUT2D eigenvalue weighted by molar-refractivity contribution is 5.92. The molecule has 0 aromatic rings. The van der Waals surface area contributed by atoms with E-state index in [2.05, 4.69) is 16.0 Å². The van der Waals surface area contributed by atoms with Gasteiger partial charge >= 0.3 is 5.97 Å². The quantitative estimate of drug-likeness (QED) is 0.326. The molecule has 0 bridgehead atoms. The second kappa shape index (κ2) is 11.4. The molecule has 0 radical (unpaired) electrons. The topological polar surface area (TPSA) is 151 Å². The van der Waals surface area contributed by atoms with E-state index >= 15 is 0 Å². The Morgan fingerprint density at radius 2 is 1.60 bits per heavy atom. The van der Waals surface area contributed by atoms with E-state index in [1.165, 1.54) is 0 Å². The van der Waals surface area contributed by atoms with Crippen molar-refractivity contribution in [3.05, 3.63) is 0 Å². The van der Waals surface area contributed by atoms with Crippen LogP contribution >= 0.6 is 0 Å². The average molecular weight is 358 g/mol. The van der Waals surface area contributed by atoms with Gasteiger partial charge in [0.15, 0.2) is 0 Å². The monoisotopic (exact) mass is 358 g/mol. The Bertz CT molecular complexity index is 481. The van der Waals surface area contributed by atoms with Crippen molar-refractivity contribution in [2.45, 2.75) is 52.6 Å². The number of aliphatic carboxylic acids is 1. The molecular formula is C16H30N4O5. The van der Waals surface area contributed by atoms with E-state index in [4.69, 9.17) is 10.8 Å². The Morgan fingerprint density at radius 1 is 1.00 bits per heavy atom. The number of nitrogens with two attached hydrogens (primary N) is 1. The largest absolute Gasteiger partial charge is 0.480 e. The molecule has 0 aliphatic heterocycles. The molecule has 25 heavy (non-hydrogen) atoms. The zero-order valence-electron chi connectivity index (χ0n) is 15.3. The lowest BCUT2D eigenvalue weighted by molar-refractivity contribution is -0.138. The number of hydrogen-bond donors (Lipinski definition) is 5. The van der Waals surface area contributed by atoms with Crippen LogP contribution < -0.4 is 21.7 Å². The van der Waals surface area contributed by atoms with E-state index < -0.39 is 42.3 Å². The Kier molecular flexibility index (Phi) is 10.4. The lowest BCUT2D eigenvalue weighted by Gasteiger charge is -2.25. The van der Waals surface area contributed by atoms with Gasteiger partial charge in [-0.25, -0.2) is 0 Å². The summed E-state index contributed by atoms with van der Waals surface area (Å²) in [6.07, 6.45) is 1.14. The zero-order chi connectivity index (χ0) is 19.6. The van der Waals surface area contributed by atoms with Crippen molar-refractivity contribution in [3.63, 3.8) is 0 Å². The van der Waals surface area contributed by atoms with Crippen LogP contribution in [0.2, 0.25) is 0 Å². The van der Waals surface area contributed by atoms with Crippen LogP contribution in [-0.2, 0) is 19.2 Å². The van der Waals surface area contributed by atoms with E-state index in [-0.39, 0.29) is 18.4 Å². The fourth-order valence-corrected chi connectivity index (χ4v) is 2.09. The minimum atomic E-state index is -1.18. The van der Waals surface area contributed by atoms with Crippen LogP contribution in [0.15, 0.2) is 0 Å². The molecule has 0 rings (SSSR count). The number of rotatable bonds is 11. The molecule has 9 heteroatoms. The third-order valence-corrected chi connectivity index (χ3v) is 3.72. The van der Waals surface area contributed by atoms with Crippen molar-refractivity contribution in [1.29, 1.82) is 0 Å². The summed E-state index contributed by atoms with van der Waals surface area (Å²) in [5, 5.41) is 15.7. The molecule has 3 atom stereocenters. The summed E-state index contributed by atoms with van der Waals surface area (Å²) in [6, 6.07) is -1.53. The maximum absolute atomic E-state index is 12.3. The Morgan fingerprint density at radius 3 is 2.08 bits per heavy atom. The van der Waals surface area contributed by atoms with Gasteiger partial charge in [-0.15, -0.1) is 0 Å². The summed E-state index contributed by atoms with van der Waals surface area (Å²) in [7, 11) is 0. The summed E-state index contributed by atoms with van der Waals surface area (Å²) in [5.74, 6) is -2.63. The number of hydrogen-bond acceptors (Lipinski definition) is 5. The molecule has 0 heterocycles. The third-order valence-electron chi connectivity index (χ3n) is 3.72. The van der Waals surface area contributed by atoms with E-state index in [0.29, 0.717) is 12.8 Å². The number of nitrogens with one attached hydrogen (secondary N) is 3. The van der Waals surface area contributed by atoms with Gasteiger partial charge in [0.1, 0.15) is 12.6 Å². The minimum absolute atomic E-state index is 0.155. The van der Waals surface area contributed by atoms with Crippen LogP contribution in [0.3, 0.4) is 0 Å². The summed E-state index contributed by atoms with van der Waals surface area (Å²) in [6.45, 7) is 6.69. The predicted molar refractivity (Wildman–Crippen MR) is 92.5 cm³/mol. The first-order chi connectivity index (χ1) is 11.6. The SMILES string of the molecule is CCC(C)C(NC(=O)C(N)CC(C)C)C(=O)NCC(=O)NCC(=O)O. The van der Waals surface area contributed by atoms with Gasteiger partial charge in [-0.05, 0) is 18.3 Å². The Balaban J connectivity index is 4.69. The number of carboxylic acid groups (broad SMARTS) is 1. The van der Waals surface area contributed by atoms with Crippen molar-refractivity contribution in [2.24, 2.45) is 17.6 Å². The molecule has 0 spiro atoms. The molecule has 0 fully saturated rings. The summed E-state index contributed by atoms with van der Waals surface area (Å²) in [4.78, 5) is 46.3. The summed E-state index contributed by atoms with van der Waals surface area (Å²) in [5.41, 5.74) is 5.83. The van der Waals surface area contributed by atoms with Gasteiger partial charge < -0.3 is 26.8 Å². The molecular weight excluding hydrogens is 328 g/mol. The molecule has 3 unspecified atom stereocenters. The normalized spacial score (nSPS) is 14.3. The first-order valence-electron chi connectivity index (χ1n) is 8.40. The Labute approximate surface area is 148 Å².